The molecule has 0 aromatic heterocycles. The molecule has 0 bridgehead atoms. The molecule has 1 aliphatic rings. The van der Waals surface area contributed by atoms with Crippen LogP contribution in [0.5, 0.6) is 0 Å². The van der Waals surface area contributed by atoms with Gasteiger partial charge in [-0.3, -0.25) is 4.90 Å². The van der Waals surface area contributed by atoms with Crippen LogP contribution in [0.4, 0.5) is 0 Å². The third kappa shape index (κ3) is 4.46. The highest BCUT2D eigenvalue weighted by molar-refractivity contribution is 5.18. The predicted octanol–water partition coefficient (Wildman–Crippen LogP) is 4.64. The second-order valence-corrected chi connectivity index (χ2v) is 7.08. The van der Waals surface area contributed by atoms with Crippen molar-refractivity contribution in [2.75, 3.05) is 13.1 Å². The van der Waals surface area contributed by atoms with Crippen molar-refractivity contribution in [2.45, 2.75) is 45.3 Å². The predicted molar refractivity (Wildman–Crippen MR) is 102 cm³/mol. The van der Waals surface area contributed by atoms with Crippen LogP contribution in [-0.2, 0) is 6.54 Å². The van der Waals surface area contributed by atoms with Gasteiger partial charge in [-0.2, -0.15) is 0 Å². The number of hydrogen-bond donors (Lipinski definition) is 1. The van der Waals surface area contributed by atoms with Gasteiger partial charge in [0.1, 0.15) is 0 Å². The molecule has 1 heterocycles. The number of benzene rings is 2. The summed E-state index contributed by atoms with van der Waals surface area (Å²) < 4.78 is 0. The molecule has 2 heteroatoms. The zero-order valence-electron chi connectivity index (χ0n) is 15.0. The summed E-state index contributed by atoms with van der Waals surface area (Å²) in [5, 5.41) is 3.89. The Kier molecular flexibility index (Phi) is 6.06. The lowest BCUT2D eigenvalue weighted by Gasteiger charge is -2.40. The van der Waals surface area contributed by atoms with Gasteiger partial charge in [0, 0.05) is 25.2 Å². The molecule has 1 fully saturated rings. The molecule has 0 radical (unpaired) electrons. The van der Waals surface area contributed by atoms with E-state index in [1.54, 1.807) is 0 Å². The molecule has 2 aromatic carbocycles. The van der Waals surface area contributed by atoms with Gasteiger partial charge in [-0.15, -0.1) is 0 Å². The van der Waals surface area contributed by atoms with Gasteiger partial charge in [0.25, 0.3) is 0 Å². The molecule has 0 amide bonds. The van der Waals surface area contributed by atoms with Gasteiger partial charge < -0.3 is 5.32 Å². The molecule has 1 saturated heterocycles. The fourth-order valence-corrected chi connectivity index (χ4v) is 3.88. The summed E-state index contributed by atoms with van der Waals surface area (Å²) in [4.78, 5) is 2.62. The highest BCUT2D eigenvalue weighted by Gasteiger charge is 2.28. The molecule has 0 saturated carbocycles. The first-order chi connectivity index (χ1) is 11.8. The Labute approximate surface area is 146 Å². The van der Waals surface area contributed by atoms with Gasteiger partial charge >= 0.3 is 0 Å². The topological polar surface area (TPSA) is 15.3 Å². The Hall–Kier alpha value is -1.64. The van der Waals surface area contributed by atoms with Crippen LogP contribution in [0.3, 0.4) is 0 Å². The van der Waals surface area contributed by atoms with Gasteiger partial charge in [-0.05, 0) is 36.9 Å². The summed E-state index contributed by atoms with van der Waals surface area (Å²) in [5.74, 6) is 0.730. The minimum absolute atomic E-state index is 0.422. The Morgan fingerprint density at radius 2 is 1.71 bits per heavy atom. The maximum absolute atomic E-state index is 3.89. The molecule has 128 valence electrons. The van der Waals surface area contributed by atoms with Crippen LogP contribution >= 0.6 is 0 Å². The Morgan fingerprint density at radius 1 is 1.04 bits per heavy atom. The number of hydrogen-bond acceptors (Lipinski definition) is 2. The molecule has 2 nitrogen and oxygen atoms in total. The fourth-order valence-electron chi connectivity index (χ4n) is 3.88. The third-order valence-corrected chi connectivity index (χ3v) is 5.36. The largest absolute Gasteiger partial charge is 0.307 e. The van der Waals surface area contributed by atoms with Gasteiger partial charge in [-0.1, -0.05) is 74.0 Å². The summed E-state index contributed by atoms with van der Waals surface area (Å²) in [7, 11) is 0. The lowest BCUT2D eigenvalue weighted by molar-refractivity contribution is 0.123. The van der Waals surface area contributed by atoms with Crippen molar-refractivity contribution in [3.05, 3.63) is 71.8 Å². The second kappa shape index (κ2) is 8.46. The van der Waals surface area contributed by atoms with E-state index in [1.807, 2.05) is 0 Å². The lowest BCUT2D eigenvalue weighted by atomic mass is 9.88. The van der Waals surface area contributed by atoms with Crippen LogP contribution in [0.2, 0.25) is 0 Å². The van der Waals surface area contributed by atoms with Crippen molar-refractivity contribution in [1.29, 1.82) is 0 Å². The molecule has 24 heavy (non-hydrogen) atoms. The fraction of sp³-hybridized carbons (Fsp3) is 0.455. The number of rotatable bonds is 6. The number of likely N-dealkylation sites (tertiary alicyclic amines) is 1. The first-order valence-corrected chi connectivity index (χ1v) is 9.33. The SMILES string of the molecule is CCC1CN(Cc2ccccc2)CCC1NC(C)c1ccccc1. The molecule has 3 unspecified atom stereocenters. The van der Waals surface area contributed by atoms with E-state index in [0.717, 1.165) is 12.5 Å². The van der Waals surface area contributed by atoms with Crippen molar-refractivity contribution >= 4 is 0 Å². The molecule has 2 aromatic rings. The summed E-state index contributed by atoms with van der Waals surface area (Å²) in [6.45, 7) is 8.09. The first kappa shape index (κ1) is 17.2. The molecule has 0 aliphatic carbocycles. The van der Waals surface area contributed by atoms with Crippen molar-refractivity contribution in [2.24, 2.45) is 5.92 Å². The average molecular weight is 322 g/mol. The minimum Gasteiger partial charge on any atom is -0.307 e. The molecular formula is C22H30N2. The lowest BCUT2D eigenvalue weighted by Crippen LogP contribution is -2.49. The van der Waals surface area contributed by atoms with E-state index < -0.39 is 0 Å². The molecule has 3 atom stereocenters. The highest BCUT2D eigenvalue weighted by Crippen LogP contribution is 2.24. The zero-order chi connectivity index (χ0) is 16.8. The van der Waals surface area contributed by atoms with Crippen LogP contribution in [0, 0.1) is 5.92 Å². The summed E-state index contributed by atoms with van der Waals surface area (Å²) >= 11 is 0. The number of nitrogens with zero attached hydrogens (tertiary/aromatic N) is 1. The van der Waals surface area contributed by atoms with Crippen LogP contribution < -0.4 is 5.32 Å². The number of piperidine rings is 1. The van der Waals surface area contributed by atoms with Gasteiger partial charge in [-0.25, -0.2) is 0 Å². The van der Waals surface area contributed by atoms with E-state index >= 15 is 0 Å². The van der Waals surface area contributed by atoms with Crippen LogP contribution in [-0.4, -0.2) is 24.0 Å². The van der Waals surface area contributed by atoms with Crippen molar-refractivity contribution in [1.82, 2.24) is 10.2 Å². The Bertz CT molecular complexity index is 596. The standard InChI is InChI=1S/C22H30N2/c1-3-20-17-24(16-19-10-6-4-7-11-19)15-14-22(20)23-18(2)21-12-8-5-9-13-21/h4-13,18,20,22-23H,3,14-17H2,1-2H3. The minimum atomic E-state index is 0.422. The molecule has 3 rings (SSSR count). The summed E-state index contributed by atoms with van der Waals surface area (Å²) in [6, 6.07) is 22.7. The van der Waals surface area contributed by atoms with Crippen molar-refractivity contribution < 1.29 is 0 Å². The molecule has 0 spiro atoms. The Balaban J connectivity index is 1.57. The van der Waals surface area contributed by atoms with E-state index in [1.165, 1.54) is 37.1 Å². The molecule has 1 aliphatic heterocycles. The maximum atomic E-state index is 3.89. The smallest absolute Gasteiger partial charge is 0.0294 e. The first-order valence-electron chi connectivity index (χ1n) is 9.33. The van der Waals surface area contributed by atoms with Crippen molar-refractivity contribution in [3.63, 3.8) is 0 Å². The van der Waals surface area contributed by atoms with Crippen LogP contribution in [0.1, 0.15) is 43.9 Å². The van der Waals surface area contributed by atoms with Crippen LogP contribution in [0.25, 0.3) is 0 Å². The molecular weight excluding hydrogens is 292 g/mol. The van der Waals surface area contributed by atoms with Gasteiger partial charge in [0.15, 0.2) is 0 Å². The van der Waals surface area contributed by atoms with E-state index in [4.69, 9.17) is 0 Å². The normalized spacial score (nSPS) is 23.1. The highest BCUT2D eigenvalue weighted by atomic mass is 15.1. The van der Waals surface area contributed by atoms with E-state index in [-0.39, 0.29) is 0 Å². The monoisotopic (exact) mass is 322 g/mol. The van der Waals surface area contributed by atoms with Gasteiger partial charge in [0.2, 0.25) is 0 Å². The maximum Gasteiger partial charge on any atom is 0.0294 e. The van der Waals surface area contributed by atoms with Gasteiger partial charge in [0.05, 0.1) is 0 Å². The van der Waals surface area contributed by atoms with Crippen molar-refractivity contribution in [3.8, 4) is 0 Å². The number of nitrogens with one attached hydrogen (secondary N) is 1. The summed E-state index contributed by atoms with van der Waals surface area (Å²) in [5.41, 5.74) is 2.82. The average Bonchev–Trinajstić information content (AvgIpc) is 2.64. The third-order valence-electron chi connectivity index (χ3n) is 5.36. The zero-order valence-corrected chi connectivity index (χ0v) is 15.0. The van der Waals surface area contributed by atoms with E-state index in [9.17, 15) is 0 Å². The van der Waals surface area contributed by atoms with E-state index in [0.29, 0.717) is 12.1 Å². The Morgan fingerprint density at radius 3 is 2.38 bits per heavy atom. The summed E-state index contributed by atoms with van der Waals surface area (Å²) in [6.07, 6.45) is 2.48. The molecule has 1 N–H and O–H groups in total. The quantitative estimate of drug-likeness (QED) is 0.833. The second-order valence-electron chi connectivity index (χ2n) is 7.08. The van der Waals surface area contributed by atoms with E-state index in [2.05, 4.69) is 84.7 Å². The van der Waals surface area contributed by atoms with Crippen LogP contribution in [0.15, 0.2) is 60.7 Å².